The third-order valence-corrected chi connectivity index (χ3v) is 7.71. The molecule has 208 valence electrons. The summed E-state index contributed by atoms with van der Waals surface area (Å²) in [7, 11) is 0. The number of carbonyl (C=O) groups excluding carboxylic acids is 1. The first-order valence-corrected chi connectivity index (χ1v) is 13.3. The van der Waals surface area contributed by atoms with Gasteiger partial charge in [0.05, 0.1) is 29.5 Å². The third-order valence-electron chi connectivity index (χ3n) is 7.71. The van der Waals surface area contributed by atoms with Crippen molar-refractivity contribution >= 4 is 28.3 Å². The van der Waals surface area contributed by atoms with Crippen molar-refractivity contribution in [3.05, 3.63) is 76.0 Å². The SMILES string of the molecule is Cc1nc2c(N3CCC(C)(C)C3)c(NC(=O)c3ccc(=O)n(-c4c(F)cccc4F)n3)ccc2n1[C@H]1CCOC1. The molecule has 0 bridgehead atoms. The molecule has 2 aromatic heterocycles. The number of benzene rings is 2. The summed E-state index contributed by atoms with van der Waals surface area (Å²) < 4.78 is 37.2. The van der Waals surface area contributed by atoms with Crippen molar-refractivity contribution in [2.45, 2.75) is 39.7 Å². The number of para-hydroxylation sites is 1. The minimum Gasteiger partial charge on any atom is -0.379 e. The Morgan fingerprint density at radius 3 is 2.55 bits per heavy atom. The van der Waals surface area contributed by atoms with E-state index in [1.165, 1.54) is 12.1 Å². The highest BCUT2D eigenvalue weighted by atomic mass is 19.1. The molecule has 1 amide bonds. The van der Waals surface area contributed by atoms with Crippen LogP contribution in [-0.2, 0) is 4.74 Å². The lowest BCUT2D eigenvalue weighted by atomic mass is 9.93. The smallest absolute Gasteiger partial charge is 0.276 e. The molecular weight excluding hydrogens is 518 g/mol. The molecule has 4 aromatic rings. The van der Waals surface area contributed by atoms with Crippen molar-refractivity contribution < 1.29 is 18.3 Å². The molecule has 2 saturated heterocycles. The first-order valence-electron chi connectivity index (χ1n) is 13.3. The average Bonchev–Trinajstić information content (AvgIpc) is 3.63. The molecule has 2 aliphatic heterocycles. The second kappa shape index (κ2) is 9.81. The van der Waals surface area contributed by atoms with E-state index < -0.39 is 28.8 Å². The Bertz CT molecular complexity index is 1670. The molecule has 2 aromatic carbocycles. The van der Waals surface area contributed by atoms with Crippen LogP contribution in [-0.4, -0.2) is 51.5 Å². The molecule has 0 aliphatic carbocycles. The maximum Gasteiger partial charge on any atom is 0.276 e. The van der Waals surface area contributed by atoms with Gasteiger partial charge in [0.1, 0.15) is 22.7 Å². The van der Waals surface area contributed by atoms with E-state index in [2.05, 4.69) is 33.7 Å². The van der Waals surface area contributed by atoms with Gasteiger partial charge in [-0.05, 0) is 55.5 Å². The standard InChI is InChI=1S/C29H30F2N6O3/c1-17-32-25-23(36(17)18-11-14-40-15-18)9-7-21(27(25)35-13-12-29(2,3)16-35)33-28(39)22-8-10-24(38)37(34-22)26-19(30)5-4-6-20(26)31/h4-10,18H,11-16H2,1-3H3,(H,33,39)/t18-/m0/s1. The largest absolute Gasteiger partial charge is 0.379 e. The van der Waals surface area contributed by atoms with Crippen LogP contribution in [0.15, 0.2) is 47.3 Å². The Kier molecular flexibility index (Phi) is 6.41. The van der Waals surface area contributed by atoms with Gasteiger partial charge in [-0.25, -0.2) is 13.8 Å². The van der Waals surface area contributed by atoms with Gasteiger partial charge in [0.25, 0.3) is 11.5 Å². The third kappa shape index (κ3) is 4.53. The second-order valence-corrected chi connectivity index (χ2v) is 11.2. The summed E-state index contributed by atoms with van der Waals surface area (Å²) >= 11 is 0. The summed E-state index contributed by atoms with van der Waals surface area (Å²) in [4.78, 5) is 33.1. The lowest BCUT2D eigenvalue weighted by Gasteiger charge is -2.25. The zero-order valence-electron chi connectivity index (χ0n) is 22.6. The molecule has 0 radical (unpaired) electrons. The number of hydrogen-bond donors (Lipinski definition) is 1. The minimum atomic E-state index is -0.963. The number of rotatable bonds is 5. The van der Waals surface area contributed by atoms with Crippen LogP contribution in [0, 0.1) is 24.0 Å². The Balaban J connectivity index is 1.42. The van der Waals surface area contributed by atoms with Crippen LogP contribution in [0.5, 0.6) is 0 Å². The van der Waals surface area contributed by atoms with Gasteiger partial charge in [0.15, 0.2) is 11.6 Å². The number of nitrogens with zero attached hydrogens (tertiary/aromatic N) is 5. The van der Waals surface area contributed by atoms with Crippen molar-refractivity contribution in [1.29, 1.82) is 0 Å². The highest BCUT2D eigenvalue weighted by Crippen LogP contribution is 2.41. The van der Waals surface area contributed by atoms with Crippen molar-refractivity contribution in [3.8, 4) is 5.69 Å². The first kappa shape index (κ1) is 26.1. The summed E-state index contributed by atoms with van der Waals surface area (Å²) in [5.74, 6) is -1.68. The Hall–Kier alpha value is -4.12. The molecule has 40 heavy (non-hydrogen) atoms. The number of imidazole rings is 1. The number of nitrogens with one attached hydrogen (secondary N) is 1. The van der Waals surface area contributed by atoms with Gasteiger partial charge in [0.2, 0.25) is 0 Å². The van der Waals surface area contributed by atoms with E-state index in [-0.39, 0.29) is 17.2 Å². The van der Waals surface area contributed by atoms with Crippen molar-refractivity contribution in [3.63, 3.8) is 0 Å². The van der Waals surface area contributed by atoms with Crippen LogP contribution in [0.1, 0.15) is 49.0 Å². The lowest BCUT2D eigenvalue weighted by molar-refractivity contribution is 0.102. The Morgan fingerprint density at radius 1 is 1.10 bits per heavy atom. The van der Waals surface area contributed by atoms with E-state index in [0.717, 1.165) is 66.7 Å². The average molecular weight is 549 g/mol. The van der Waals surface area contributed by atoms with Gasteiger partial charge in [-0.2, -0.15) is 9.78 Å². The van der Waals surface area contributed by atoms with E-state index in [9.17, 15) is 18.4 Å². The van der Waals surface area contributed by atoms with E-state index >= 15 is 0 Å². The van der Waals surface area contributed by atoms with Crippen LogP contribution in [0.4, 0.5) is 20.2 Å². The molecule has 0 spiro atoms. The predicted molar refractivity (Wildman–Crippen MR) is 147 cm³/mol. The van der Waals surface area contributed by atoms with Gasteiger partial charge in [-0.15, -0.1) is 0 Å². The zero-order chi connectivity index (χ0) is 28.2. The Morgan fingerprint density at radius 2 is 1.88 bits per heavy atom. The minimum absolute atomic E-state index is 0.0846. The fraction of sp³-hybridized carbons (Fsp3) is 0.379. The van der Waals surface area contributed by atoms with Gasteiger partial charge in [-0.3, -0.25) is 9.59 Å². The van der Waals surface area contributed by atoms with Crippen LogP contribution in [0.25, 0.3) is 16.7 Å². The number of halogens is 2. The molecule has 9 nitrogen and oxygen atoms in total. The molecule has 1 atom stereocenters. The summed E-state index contributed by atoms with van der Waals surface area (Å²) in [6, 6.07) is 9.53. The lowest BCUT2D eigenvalue weighted by Crippen LogP contribution is -2.27. The molecule has 11 heteroatoms. The quantitative estimate of drug-likeness (QED) is 0.391. The van der Waals surface area contributed by atoms with Crippen LogP contribution < -0.4 is 15.8 Å². The van der Waals surface area contributed by atoms with Crippen LogP contribution >= 0.6 is 0 Å². The number of amides is 1. The van der Waals surface area contributed by atoms with Gasteiger partial charge in [-0.1, -0.05) is 19.9 Å². The van der Waals surface area contributed by atoms with E-state index in [4.69, 9.17) is 9.72 Å². The van der Waals surface area contributed by atoms with Crippen molar-refractivity contribution in [1.82, 2.24) is 19.3 Å². The van der Waals surface area contributed by atoms with Crippen molar-refractivity contribution in [2.24, 2.45) is 5.41 Å². The number of aromatic nitrogens is 4. The van der Waals surface area contributed by atoms with Gasteiger partial charge < -0.3 is 19.5 Å². The number of hydrogen-bond acceptors (Lipinski definition) is 6. The number of carbonyl (C=O) groups is 1. The number of aryl methyl sites for hydroxylation is 1. The topological polar surface area (TPSA) is 94.3 Å². The van der Waals surface area contributed by atoms with E-state index in [0.29, 0.717) is 23.6 Å². The summed E-state index contributed by atoms with van der Waals surface area (Å²) in [5, 5.41) is 6.94. The first-order chi connectivity index (χ1) is 19.1. The number of anilines is 2. The molecule has 6 rings (SSSR count). The van der Waals surface area contributed by atoms with E-state index in [1.54, 1.807) is 0 Å². The number of ether oxygens (including phenoxy) is 1. The second-order valence-electron chi connectivity index (χ2n) is 11.2. The summed E-state index contributed by atoms with van der Waals surface area (Å²) in [6.45, 7) is 9.30. The van der Waals surface area contributed by atoms with Crippen molar-refractivity contribution in [2.75, 3.05) is 36.5 Å². The fourth-order valence-corrected chi connectivity index (χ4v) is 5.74. The molecule has 4 heterocycles. The summed E-state index contributed by atoms with van der Waals surface area (Å²) in [6.07, 6.45) is 1.88. The van der Waals surface area contributed by atoms with Gasteiger partial charge >= 0.3 is 0 Å². The molecule has 2 fully saturated rings. The highest BCUT2D eigenvalue weighted by Gasteiger charge is 2.33. The van der Waals surface area contributed by atoms with Gasteiger partial charge in [0, 0.05) is 25.8 Å². The fourth-order valence-electron chi connectivity index (χ4n) is 5.74. The molecule has 0 unspecified atom stereocenters. The molecule has 2 aliphatic rings. The monoisotopic (exact) mass is 548 g/mol. The predicted octanol–water partition coefficient (Wildman–Crippen LogP) is 4.62. The summed E-state index contributed by atoms with van der Waals surface area (Å²) in [5.41, 5.74) is 1.61. The Labute approximate surface area is 229 Å². The zero-order valence-corrected chi connectivity index (χ0v) is 22.6. The maximum absolute atomic E-state index is 14.4. The number of fused-ring (bicyclic) bond motifs is 1. The molecule has 1 N–H and O–H groups in total. The molecular formula is C29H30F2N6O3. The van der Waals surface area contributed by atoms with Crippen LogP contribution in [0.3, 0.4) is 0 Å². The highest BCUT2D eigenvalue weighted by molar-refractivity contribution is 6.08. The van der Waals surface area contributed by atoms with E-state index in [1.807, 2.05) is 19.1 Å². The van der Waals surface area contributed by atoms with Crippen LogP contribution in [0.2, 0.25) is 0 Å². The normalized spacial score (nSPS) is 18.5. The molecule has 0 saturated carbocycles. The maximum atomic E-state index is 14.4.